The number of nitrogens with one attached hydrogen (secondary N) is 1. The molecule has 0 saturated carbocycles. The highest BCUT2D eigenvalue weighted by molar-refractivity contribution is 7.12. The van der Waals surface area contributed by atoms with Crippen LogP contribution in [0.3, 0.4) is 0 Å². The van der Waals surface area contributed by atoms with Crippen LogP contribution in [0, 0.1) is 5.92 Å². The number of rotatable bonds is 5. The van der Waals surface area contributed by atoms with E-state index in [1.165, 1.54) is 35.3 Å². The summed E-state index contributed by atoms with van der Waals surface area (Å²) in [6.45, 7) is 5.63. The van der Waals surface area contributed by atoms with E-state index in [-0.39, 0.29) is 0 Å². The highest BCUT2D eigenvalue weighted by Gasteiger charge is 2.36. The van der Waals surface area contributed by atoms with Crippen molar-refractivity contribution >= 4 is 11.3 Å². The van der Waals surface area contributed by atoms with Gasteiger partial charge < -0.3 is 14.8 Å². The zero-order valence-electron chi connectivity index (χ0n) is 16.2. The van der Waals surface area contributed by atoms with Gasteiger partial charge in [-0.05, 0) is 66.5 Å². The van der Waals surface area contributed by atoms with Gasteiger partial charge in [0.15, 0.2) is 11.5 Å². The van der Waals surface area contributed by atoms with Crippen LogP contribution in [0.2, 0.25) is 0 Å². The first-order valence-electron chi connectivity index (χ1n) is 9.70. The Hall–Kier alpha value is -1.52. The molecule has 2 aliphatic rings. The predicted molar refractivity (Wildman–Crippen MR) is 108 cm³/mol. The molecular weight excluding hydrogens is 342 g/mol. The Morgan fingerprint density at radius 1 is 1.12 bits per heavy atom. The van der Waals surface area contributed by atoms with Crippen molar-refractivity contribution in [3.8, 4) is 11.5 Å². The van der Waals surface area contributed by atoms with Crippen molar-refractivity contribution in [3.05, 3.63) is 44.6 Å². The Bertz CT molecular complexity index is 796. The average molecular weight is 372 g/mol. The summed E-state index contributed by atoms with van der Waals surface area (Å²) in [5.74, 6) is 2.88. The molecule has 0 saturated heterocycles. The van der Waals surface area contributed by atoms with Crippen molar-refractivity contribution in [1.82, 2.24) is 5.32 Å². The number of methoxy groups -OCH3 is 2. The molecule has 1 aliphatic heterocycles. The fraction of sp³-hybridized carbons (Fsp3) is 0.545. The molecule has 0 bridgehead atoms. The molecule has 3 nitrogen and oxygen atoms in total. The highest BCUT2D eigenvalue weighted by Crippen LogP contribution is 2.46. The summed E-state index contributed by atoms with van der Waals surface area (Å²) in [6.07, 6.45) is 4.75. The smallest absolute Gasteiger partial charge is 0.161 e. The van der Waals surface area contributed by atoms with Crippen LogP contribution in [0.1, 0.15) is 59.1 Å². The van der Waals surface area contributed by atoms with Gasteiger partial charge in [0.2, 0.25) is 0 Å². The summed E-state index contributed by atoms with van der Waals surface area (Å²) in [6, 6.07) is 7.42. The van der Waals surface area contributed by atoms with Crippen LogP contribution in [-0.4, -0.2) is 20.3 Å². The van der Waals surface area contributed by atoms with Gasteiger partial charge in [-0.2, -0.15) is 0 Å². The Labute approximate surface area is 160 Å². The maximum atomic E-state index is 5.60. The molecule has 0 fully saturated rings. The number of thiophene rings is 1. The van der Waals surface area contributed by atoms with Crippen LogP contribution >= 0.6 is 11.3 Å². The van der Waals surface area contributed by atoms with Crippen molar-refractivity contribution in [1.29, 1.82) is 0 Å². The Morgan fingerprint density at radius 2 is 1.88 bits per heavy atom. The molecule has 1 aromatic carbocycles. The number of fused-ring (bicyclic) bond motifs is 5. The van der Waals surface area contributed by atoms with Crippen LogP contribution in [0.5, 0.6) is 11.5 Å². The van der Waals surface area contributed by atoms with Crippen LogP contribution in [0.4, 0.5) is 0 Å². The number of ether oxygens (including phenoxy) is 2. The van der Waals surface area contributed by atoms with Crippen LogP contribution in [-0.2, 0) is 19.4 Å². The van der Waals surface area contributed by atoms with Crippen LogP contribution < -0.4 is 14.8 Å². The van der Waals surface area contributed by atoms with E-state index >= 15 is 0 Å². The first-order chi connectivity index (χ1) is 12.6. The lowest BCUT2D eigenvalue weighted by molar-refractivity contribution is 0.349. The van der Waals surface area contributed by atoms with E-state index in [9.17, 15) is 0 Å². The number of aryl methyl sites for hydroxylation is 2. The molecule has 1 aromatic heterocycles. The first-order valence-corrected chi connectivity index (χ1v) is 10.5. The van der Waals surface area contributed by atoms with Crippen molar-refractivity contribution in [2.24, 2.45) is 5.92 Å². The zero-order chi connectivity index (χ0) is 18.3. The first kappa shape index (κ1) is 17.9. The Morgan fingerprint density at radius 3 is 2.62 bits per heavy atom. The van der Waals surface area contributed by atoms with Crippen LogP contribution in [0.15, 0.2) is 18.2 Å². The largest absolute Gasteiger partial charge is 0.493 e. The number of benzene rings is 1. The summed E-state index contributed by atoms with van der Waals surface area (Å²) in [5.41, 5.74) is 4.37. The third kappa shape index (κ3) is 3.14. The second-order valence-corrected chi connectivity index (χ2v) is 9.15. The second-order valence-electron chi connectivity index (χ2n) is 7.93. The molecule has 0 spiro atoms. The van der Waals surface area contributed by atoms with E-state index in [1.54, 1.807) is 24.7 Å². The van der Waals surface area contributed by atoms with Gasteiger partial charge in [-0.1, -0.05) is 13.8 Å². The minimum absolute atomic E-state index is 0.436. The summed E-state index contributed by atoms with van der Waals surface area (Å²) in [5, 5.41) is 3.80. The molecule has 0 unspecified atom stereocenters. The number of hydrogen-bond acceptors (Lipinski definition) is 4. The van der Waals surface area contributed by atoms with Gasteiger partial charge >= 0.3 is 0 Å². The van der Waals surface area contributed by atoms with E-state index in [1.807, 2.05) is 11.3 Å². The van der Waals surface area contributed by atoms with Gasteiger partial charge in [0, 0.05) is 28.3 Å². The van der Waals surface area contributed by atoms with E-state index in [0.29, 0.717) is 12.0 Å². The quantitative estimate of drug-likeness (QED) is 0.810. The maximum absolute atomic E-state index is 5.60. The van der Waals surface area contributed by atoms with Crippen molar-refractivity contribution in [2.45, 2.75) is 58.0 Å². The molecule has 2 aromatic rings. The van der Waals surface area contributed by atoms with Crippen LogP contribution in [0.25, 0.3) is 0 Å². The minimum atomic E-state index is 0.436. The van der Waals surface area contributed by atoms with Gasteiger partial charge in [-0.25, -0.2) is 0 Å². The molecule has 4 heteroatoms. The minimum Gasteiger partial charge on any atom is -0.493 e. The third-order valence-corrected chi connectivity index (χ3v) is 7.04. The summed E-state index contributed by atoms with van der Waals surface area (Å²) in [4.78, 5) is 3.06. The molecule has 1 N–H and O–H groups in total. The van der Waals surface area contributed by atoms with Gasteiger partial charge in [-0.3, -0.25) is 0 Å². The Balaban J connectivity index is 1.74. The van der Waals surface area contributed by atoms with Gasteiger partial charge in [0.1, 0.15) is 0 Å². The summed E-state index contributed by atoms with van der Waals surface area (Å²) in [7, 11) is 3.44. The van der Waals surface area contributed by atoms with Gasteiger partial charge in [0.25, 0.3) is 0 Å². The fourth-order valence-corrected chi connectivity index (χ4v) is 5.60. The SMILES string of the molecule is COc1cc2c(cc1OC)[C@@H]1c3cc(CCC(C)C)sc3CN[C@H]1CC2. The lowest BCUT2D eigenvalue weighted by atomic mass is 9.74. The normalized spacial score (nSPS) is 21.1. The maximum Gasteiger partial charge on any atom is 0.161 e. The predicted octanol–water partition coefficient (Wildman–Crippen LogP) is 4.90. The molecule has 4 rings (SSSR count). The standard InChI is InChI=1S/C22H29NO2S/c1-13(2)5-7-15-10-17-21(26-15)12-23-18-8-6-14-9-19(24-3)20(25-4)11-16(14)22(17)18/h9-11,13,18,22-23H,5-8,12H2,1-4H3/t18-,22+/m0/s1. The third-order valence-electron chi connectivity index (χ3n) is 5.83. The Kier molecular flexibility index (Phi) is 4.98. The molecule has 1 aliphatic carbocycles. The molecule has 140 valence electrons. The summed E-state index contributed by atoms with van der Waals surface area (Å²) < 4.78 is 11.1. The van der Waals surface area contributed by atoms with Gasteiger partial charge in [0.05, 0.1) is 14.2 Å². The molecule has 2 heterocycles. The zero-order valence-corrected chi connectivity index (χ0v) is 17.0. The highest BCUT2D eigenvalue weighted by atomic mass is 32.1. The second kappa shape index (κ2) is 7.24. The van der Waals surface area contributed by atoms with E-state index in [0.717, 1.165) is 30.4 Å². The fourth-order valence-electron chi connectivity index (χ4n) is 4.42. The topological polar surface area (TPSA) is 30.5 Å². The van der Waals surface area contributed by atoms with Crippen molar-refractivity contribution < 1.29 is 9.47 Å². The number of hydrogen-bond donors (Lipinski definition) is 1. The average Bonchev–Trinajstić information content (AvgIpc) is 3.07. The van der Waals surface area contributed by atoms with E-state index in [4.69, 9.17) is 9.47 Å². The lowest BCUT2D eigenvalue weighted by Gasteiger charge is -2.38. The van der Waals surface area contributed by atoms with Crippen molar-refractivity contribution in [3.63, 3.8) is 0 Å². The molecule has 0 amide bonds. The molecular formula is C22H29NO2S. The van der Waals surface area contributed by atoms with Gasteiger partial charge in [-0.15, -0.1) is 11.3 Å². The van der Waals surface area contributed by atoms with E-state index < -0.39 is 0 Å². The van der Waals surface area contributed by atoms with Crippen molar-refractivity contribution in [2.75, 3.05) is 14.2 Å². The monoisotopic (exact) mass is 371 g/mol. The molecule has 26 heavy (non-hydrogen) atoms. The lowest BCUT2D eigenvalue weighted by Crippen LogP contribution is -2.42. The molecule has 0 radical (unpaired) electrons. The summed E-state index contributed by atoms with van der Waals surface area (Å²) >= 11 is 2.01. The van der Waals surface area contributed by atoms with E-state index in [2.05, 4.69) is 37.4 Å². The molecule has 2 atom stereocenters.